The van der Waals surface area contributed by atoms with E-state index in [1.165, 1.54) is 11.3 Å². The zero-order valence-corrected chi connectivity index (χ0v) is 18.2. The number of para-hydroxylation sites is 1. The summed E-state index contributed by atoms with van der Waals surface area (Å²) in [4.78, 5) is 36.1. The van der Waals surface area contributed by atoms with E-state index in [-0.39, 0.29) is 24.5 Å². The maximum Gasteiger partial charge on any atom is 0.258 e. The van der Waals surface area contributed by atoms with Crippen LogP contribution in [-0.2, 0) is 14.3 Å². The highest BCUT2D eigenvalue weighted by atomic mass is 32.1. The van der Waals surface area contributed by atoms with Crippen LogP contribution in [0, 0.1) is 0 Å². The second-order valence-corrected chi connectivity index (χ2v) is 8.36. The summed E-state index contributed by atoms with van der Waals surface area (Å²) in [6.45, 7) is 5.09. The monoisotopic (exact) mass is 440 g/mol. The lowest BCUT2D eigenvalue weighted by Gasteiger charge is -2.33. The van der Waals surface area contributed by atoms with Gasteiger partial charge < -0.3 is 14.4 Å². The van der Waals surface area contributed by atoms with Crippen LogP contribution < -0.4 is 5.32 Å². The van der Waals surface area contributed by atoms with Crippen LogP contribution in [0.5, 0.6) is 0 Å². The maximum atomic E-state index is 13.0. The van der Waals surface area contributed by atoms with Crippen LogP contribution >= 0.6 is 11.3 Å². The summed E-state index contributed by atoms with van der Waals surface area (Å²) in [5.74, 6) is -0.339. The Hall–Kier alpha value is -2.88. The molecule has 3 heterocycles. The predicted octanol–water partition coefficient (Wildman–Crippen LogP) is 3.27. The number of hydrogen-bond donors (Lipinski definition) is 1. The van der Waals surface area contributed by atoms with Crippen LogP contribution in [0.4, 0.5) is 5.13 Å². The lowest BCUT2D eigenvalue weighted by Crippen LogP contribution is -2.44. The minimum absolute atomic E-state index is 0.0122. The third-order valence-corrected chi connectivity index (χ3v) is 5.61. The molecule has 1 fully saturated rings. The highest BCUT2D eigenvalue weighted by molar-refractivity contribution is 7.13. The minimum Gasteiger partial charge on any atom is -0.369 e. The number of amides is 2. The summed E-state index contributed by atoms with van der Waals surface area (Å²) in [6.07, 6.45) is 1.20. The molecule has 0 radical (unpaired) electrons. The van der Waals surface area contributed by atoms with Crippen LogP contribution in [0.15, 0.2) is 41.9 Å². The number of benzene rings is 1. The Balaban J connectivity index is 1.60. The van der Waals surface area contributed by atoms with E-state index in [0.29, 0.717) is 41.6 Å². The van der Waals surface area contributed by atoms with Crippen molar-refractivity contribution in [1.82, 2.24) is 14.9 Å². The van der Waals surface area contributed by atoms with Crippen molar-refractivity contribution < 1.29 is 19.1 Å². The van der Waals surface area contributed by atoms with Crippen LogP contribution in [0.1, 0.15) is 36.0 Å². The number of rotatable bonds is 6. The topological polar surface area (TPSA) is 93.6 Å². The number of pyridine rings is 1. The zero-order chi connectivity index (χ0) is 21.8. The molecule has 1 aromatic carbocycles. The molecule has 3 aromatic rings. The second kappa shape index (κ2) is 9.51. The fourth-order valence-corrected chi connectivity index (χ4v) is 3.91. The van der Waals surface area contributed by atoms with E-state index in [1.54, 1.807) is 22.5 Å². The van der Waals surface area contributed by atoms with Crippen LogP contribution in [0.25, 0.3) is 10.9 Å². The Bertz CT molecular complexity index is 1070. The fourth-order valence-electron chi connectivity index (χ4n) is 3.38. The number of fused-ring (bicyclic) bond motifs is 1. The molecular weight excluding hydrogens is 416 g/mol. The second-order valence-electron chi connectivity index (χ2n) is 7.46. The number of aromatic nitrogens is 2. The summed E-state index contributed by atoms with van der Waals surface area (Å²) in [5, 5.41) is 5.91. The standard InChI is InChI=1S/C22H24N4O4S/c1-14(2)30-13-20(27)26-8-9-29-19(12-26)18-11-16(15-5-3-4-6-17(15)24-18)21(28)25-22-23-7-10-31-22/h3-7,10-11,14,19H,8-9,12-13H2,1-2H3,(H,23,25,28)/t19-/m1/s1. The van der Waals surface area contributed by atoms with E-state index < -0.39 is 6.10 Å². The number of ether oxygens (including phenoxy) is 2. The first-order valence-electron chi connectivity index (χ1n) is 10.1. The molecule has 0 aliphatic carbocycles. The van der Waals surface area contributed by atoms with Gasteiger partial charge in [0.05, 0.1) is 36.0 Å². The van der Waals surface area contributed by atoms with Crippen molar-refractivity contribution >= 4 is 39.2 Å². The number of hydrogen-bond acceptors (Lipinski definition) is 7. The molecule has 8 nitrogen and oxygen atoms in total. The van der Waals surface area contributed by atoms with Crippen molar-refractivity contribution in [3.05, 3.63) is 53.2 Å². The molecule has 0 spiro atoms. The normalized spacial score (nSPS) is 16.6. The van der Waals surface area contributed by atoms with Gasteiger partial charge in [-0.2, -0.15) is 0 Å². The Morgan fingerprint density at radius 2 is 2.19 bits per heavy atom. The number of nitrogens with zero attached hydrogens (tertiary/aromatic N) is 3. The summed E-state index contributed by atoms with van der Waals surface area (Å²) in [5.41, 5.74) is 1.80. The smallest absolute Gasteiger partial charge is 0.258 e. The van der Waals surface area contributed by atoms with Gasteiger partial charge in [-0.05, 0) is 26.0 Å². The molecule has 9 heteroatoms. The summed E-state index contributed by atoms with van der Waals surface area (Å²) < 4.78 is 11.4. The van der Waals surface area contributed by atoms with Crippen molar-refractivity contribution in [2.75, 3.05) is 31.6 Å². The van der Waals surface area contributed by atoms with Gasteiger partial charge in [0, 0.05) is 23.5 Å². The Kier molecular flexibility index (Phi) is 6.55. The Labute approximate surface area is 184 Å². The fraction of sp³-hybridized carbons (Fsp3) is 0.364. The average molecular weight is 441 g/mol. The van der Waals surface area contributed by atoms with Gasteiger partial charge in [0.2, 0.25) is 5.91 Å². The van der Waals surface area contributed by atoms with E-state index in [1.807, 2.05) is 38.1 Å². The molecule has 162 valence electrons. The Morgan fingerprint density at radius 1 is 1.35 bits per heavy atom. The van der Waals surface area contributed by atoms with Crippen molar-refractivity contribution in [1.29, 1.82) is 0 Å². The SMILES string of the molecule is CC(C)OCC(=O)N1CCO[C@@H](c2cc(C(=O)Nc3nccs3)c3ccccc3n2)C1. The quantitative estimate of drug-likeness (QED) is 0.632. The van der Waals surface area contributed by atoms with Crippen molar-refractivity contribution in [2.24, 2.45) is 0 Å². The van der Waals surface area contributed by atoms with Crippen molar-refractivity contribution in [3.8, 4) is 0 Å². The van der Waals surface area contributed by atoms with E-state index in [9.17, 15) is 9.59 Å². The van der Waals surface area contributed by atoms with Crippen molar-refractivity contribution in [3.63, 3.8) is 0 Å². The van der Waals surface area contributed by atoms with Crippen LogP contribution in [-0.4, -0.2) is 59.1 Å². The molecule has 1 atom stereocenters. The molecule has 2 amide bonds. The average Bonchev–Trinajstić information content (AvgIpc) is 3.29. The first-order valence-corrected chi connectivity index (χ1v) is 11.0. The number of carbonyl (C=O) groups is 2. The van der Waals surface area contributed by atoms with E-state index in [2.05, 4.69) is 10.3 Å². The van der Waals surface area contributed by atoms with Gasteiger partial charge in [-0.1, -0.05) is 18.2 Å². The highest BCUT2D eigenvalue weighted by Crippen LogP contribution is 2.27. The van der Waals surface area contributed by atoms with Gasteiger partial charge in [-0.15, -0.1) is 11.3 Å². The third kappa shape index (κ3) is 5.07. The van der Waals surface area contributed by atoms with Gasteiger partial charge >= 0.3 is 0 Å². The Morgan fingerprint density at radius 3 is 2.97 bits per heavy atom. The number of carbonyl (C=O) groups excluding carboxylic acids is 2. The largest absolute Gasteiger partial charge is 0.369 e. The lowest BCUT2D eigenvalue weighted by atomic mass is 10.0. The van der Waals surface area contributed by atoms with Gasteiger partial charge in [-0.25, -0.2) is 9.97 Å². The molecular formula is C22H24N4O4S. The predicted molar refractivity (Wildman–Crippen MR) is 118 cm³/mol. The molecule has 0 bridgehead atoms. The molecule has 0 unspecified atom stereocenters. The molecule has 1 aliphatic heterocycles. The third-order valence-electron chi connectivity index (χ3n) is 4.92. The first-order chi connectivity index (χ1) is 15.0. The van der Waals surface area contributed by atoms with Gasteiger partial charge in [0.25, 0.3) is 5.91 Å². The summed E-state index contributed by atoms with van der Waals surface area (Å²) >= 11 is 1.35. The van der Waals surface area contributed by atoms with Crippen LogP contribution in [0.2, 0.25) is 0 Å². The van der Waals surface area contributed by atoms with E-state index in [0.717, 1.165) is 5.39 Å². The molecule has 31 heavy (non-hydrogen) atoms. The lowest BCUT2D eigenvalue weighted by molar-refractivity contribution is -0.145. The highest BCUT2D eigenvalue weighted by Gasteiger charge is 2.28. The van der Waals surface area contributed by atoms with Crippen molar-refractivity contribution in [2.45, 2.75) is 26.1 Å². The van der Waals surface area contributed by atoms with Crippen LogP contribution in [0.3, 0.4) is 0 Å². The number of morpholine rings is 1. The van der Waals surface area contributed by atoms with E-state index >= 15 is 0 Å². The molecule has 1 aliphatic rings. The molecule has 4 rings (SSSR count). The van der Waals surface area contributed by atoms with Gasteiger partial charge in [0.15, 0.2) is 5.13 Å². The number of anilines is 1. The molecule has 0 saturated carbocycles. The number of thiazole rings is 1. The minimum atomic E-state index is -0.423. The maximum absolute atomic E-state index is 13.0. The zero-order valence-electron chi connectivity index (χ0n) is 17.4. The summed E-state index contributed by atoms with van der Waals surface area (Å²) in [7, 11) is 0. The number of nitrogens with one attached hydrogen (secondary N) is 1. The molecule has 1 saturated heterocycles. The molecule has 2 aromatic heterocycles. The summed E-state index contributed by atoms with van der Waals surface area (Å²) in [6, 6.07) is 9.22. The molecule has 1 N–H and O–H groups in total. The van der Waals surface area contributed by atoms with Gasteiger partial charge in [-0.3, -0.25) is 14.9 Å². The first kappa shape index (κ1) is 21.4. The van der Waals surface area contributed by atoms with Gasteiger partial charge in [0.1, 0.15) is 12.7 Å². The van der Waals surface area contributed by atoms with E-state index in [4.69, 9.17) is 14.5 Å².